The van der Waals surface area contributed by atoms with Gasteiger partial charge in [0.1, 0.15) is 5.82 Å². The van der Waals surface area contributed by atoms with Gasteiger partial charge in [-0.2, -0.15) is 0 Å². The predicted octanol–water partition coefficient (Wildman–Crippen LogP) is 3.10. The van der Waals surface area contributed by atoms with Gasteiger partial charge >= 0.3 is 5.97 Å². The maximum absolute atomic E-state index is 11.6. The van der Waals surface area contributed by atoms with Crippen molar-refractivity contribution in [3.8, 4) is 11.4 Å². The molecule has 0 aliphatic carbocycles. The minimum absolute atomic E-state index is 0.351. The zero-order valence-electron chi connectivity index (χ0n) is 11.3. The normalized spacial score (nSPS) is 10.7. The van der Waals surface area contributed by atoms with E-state index < -0.39 is 0 Å². The first-order valence-electron chi connectivity index (χ1n) is 6.32. The highest BCUT2D eigenvalue weighted by Gasteiger charge is 2.11. The Morgan fingerprint density at radius 1 is 1.20 bits per heavy atom. The van der Waals surface area contributed by atoms with Crippen LogP contribution in [0.3, 0.4) is 0 Å². The molecule has 3 rings (SSSR count). The third kappa shape index (κ3) is 1.95. The molecule has 4 nitrogen and oxygen atoms in total. The van der Waals surface area contributed by atoms with E-state index in [-0.39, 0.29) is 5.97 Å². The van der Waals surface area contributed by atoms with Crippen molar-refractivity contribution in [1.82, 2.24) is 9.38 Å². The number of benzene rings is 1. The van der Waals surface area contributed by atoms with Crippen LogP contribution in [0.2, 0.25) is 0 Å². The van der Waals surface area contributed by atoms with Crippen LogP contribution in [0.4, 0.5) is 0 Å². The first-order valence-corrected chi connectivity index (χ1v) is 6.32. The summed E-state index contributed by atoms with van der Waals surface area (Å²) >= 11 is 0. The zero-order chi connectivity index (χ0) is 14.1. The number of aryl methyl sites for hydroxylation is 1. The standard InChI is InChI=1S/C16H14N2O2/c1-11-5-3-4-6-14(11)15-17-9-13-8-7-12(10-18(13)15)16(19)20-2/h3-10H,1-2H3. The molecular formula is C16H14N2O2. The van der Waals surface area contributed by atoms with Crippen LogP contribution in [0, 0.1) is 6.92 Å². The van der Waals surface area contributed by atoms with Crippen LogP contribution >= 0.6 is 0 Å². The minimum atomic E-state index is -0.351. The van der Waals surface area contributed by atoms with Crippen LogP contribution in [0.5, 0.6) is 0 Å². The highest BCUT2D eigenvalue weighted by molar-refractivity contribution is 5.89. The third-order valence-electron chi connectivity index (χ3n) is 3.33. The van der Waals surface area contributed by atoms with Gasteiger partial charge in [-0.25, -0.2) is 9.78 Å². The van der Waals surface area contributed by atoms with Gasteiger partial charge < -0.3 is 4.74 Å². The van der Waals surface area contributed by atoms with Gasteiger partial charge in [-0.15, -0.1) is 0 Å². The SMILES string of the molecule is COC(=O)c1ccc2cnc(-c3ccccc3C)n2c1. The number of esters is 1. The van der Waals surface area contributed by atoms with Crippen molar-refractivity contribution in [2.75, 3.05) is 7.11 Å². The van der Waals surface area contributed by atoms with E-state index in [0.717, 1.165) is 22.5 Å². The highest BCUT2D eigenvalue weighted by atomic mass is 16.5. The quantitative estimate of drug-likeness (QED) is 0.669. The van der Waals surface area contributed by atoms with E-state index in [1.165, 1.54) is 7.11 Å². The van der Waals surface area contributed by atoms with Crippen LogP contribution in [-0.4, -0.2) is 22.5 Å². The first-order chi connectivity index (χ1) is 9.70. The second-order valence-electron chi connectivity index (χ2n) is 4.60. The van der Waals surface area contributed by atoms with E-state index in [4.69, 9.17) is 4.74 Å². The fraction of sp³-hybridized carbons (Fsp3) is 0.125. The molecule has 2 aromatic heterocycles. The number of methoxy groups -OCH3 is 1. The Morgan fingerprint density at radius 2 is 2.00 bits per heavy atom. The molecule has 0 saturated heterocycles. The molecule has 0 aliphatic rings. The third-order valence-corrected chi connectivity index (χ3v) is 3.33. The maximum atomic E-state index is 11.6. The van der Waals surface area contributed by atoms with Crippen molar-refractivity contribution in [2.24, 2.45) is 0 Å². The molecule has 1 aromatic carbocycles. The Kier molecular flexibility index (Phi) is 2.99. The number of nitrogens with zero attached hydrogens (tertiary/aromatic N) is 2. The first kappa shape index (κ1) is 12.4. The molecule has 0 saturated carbocycles. The molecule has 0 spiro atoms. The number of hydrogen-bond donors (Lipinski definition) is 0. The van der Waals surface area contributed by atoms with Gasteiger partial charge in [0, 0.05) is 11.8 Å². The second kappa shape index (κ2) is 4.81. The summed E-state index contributed by atoms with van der Waals surface area (Å²) in [5, 5.41) is 0. The van der Waals surface area contributed by atoms with Crippen molar-refractivity contribution in [2.45, 2.75) is 6.92 Å². The molecule has 100 valence electrons. The Hall–Kier alpha value is -2.62. The lowest BCUT2D eigenvalue weighted by atomic mass is 10.1. The predicted molar refractivity (Wildman–Crippen MR) is 76.7 cm³/mol. The van der Waals surface area contributed by atoms with Crippen molar-refractivity contribution in [1.29, 1.82) is 0 Å². The monoisotopic (exact) mass is 266 g/mol. The van der Waals surface area contributed by atoms with Crippen LogP contribution in [-0.2, 0) is 4.74 Å². The molecule has 0 N–H and O–H groups in total. The average Bonchev–Trinajstić information content (AvgIpc) is 2.90. The molecule has 20 heavy (non-hydrogen) atoms. The number of pyridine rings is 1. The Balaban J connectivity index is 2.22. The van der Waals surface area contributed by atoms with Crippen molar-refractivity contribution in [3.05, 3.63) is 59.9 Å². The van der Waals surface area contributed by atoms with Crippen LogP contribution in [0.1, 0.15) is 15.9 Å². The summed E-state index contributed by atoms with van der Waals surface area (Å²) in [6.45, 7) is 2.04. The number of rotatable bonds is 2. The summed E-state index contributed by atoms with van der Waals surface area (Å²) in [6, 6.07) is 11.6. The molecule has 2 heterocycles. The zero-order valence-corrected chi connectivity index (χ0v) is 11.3. The van der Waals surface area contributed by atoms with Crippen LogP contribution in [0.15, 0.2) is 48.8 Å². The van der Waals surface area contributed by atoms with E-state index in [9.17, 15) is 4.79 Å². The largest absolute Gasteiger partial charge is 0.465 e. The van der Waals surface area contributed by atoms with Gasteiger partial charge in [0.15, 0.2) is 0 Å². The topological polar surface area (TPSA) is 43.6 Å². The summed E-state index contributed by atoms with van der Waals surface area (Å²) in [6.07, 6.45) is 3.55. The van der Waals surface area contributed by atoms with Crippen molar-refractivity contribution >= 4 is 11.5 Å². The molecule has 4 heteroatoms. The van der Waals surface area contributed by atoms with Gasteiger partial charge in [0.2, 0.25) is 0 Å². The summed E-state index contributed by atoms with van der Waals surface area (Å²) < 4.78 is 6.67. The van der Waals surface area contributed by atoms with E-state index in [1.807, 2.05) is 41.7 Å². The van der Waals surface area contributed by atoms with E-state index in [2.05, 4.69) is 4.98 Å². The van der Waals surface area contributed by atoms with E-state index in [0.29, 0.717) is 5.56 Å². The molecule has 0 atom stereocenters. The van der Waals surface area contributed by atoms with Gasteiger partial charge in [-0.05, 0) is 24.6 Å². The molecule has 0 amide bonds. The average molecular weight is 266 g/mol. The second-order valence-corrected chi connectivity index (χ2v) is 4.60. The van der Waals surface area contributed by atoms with E-state index in [1.54, 1.807) is 18.5 Å². The van der Waals surface area contributed by atoms with Gasteiger partial charge in [-0.1, -0.05) is 24.3 Å². The number of aromatic nitrogens is 2. The summed E-state index contributed by atoms with van der Waals surface area (Å²) in [5.74, 6) is 0.472. The molecular weight excluding hydrogens is 252 g/mol. The molecule has 3 aromatic rings. The number of carbonyl (C=O) groups is 1. The summed E-state index contributed by atoms with van der Waals surface area (Å²) in [5.41, 5.74) is 3.64. The smallest absolute Gasteiger partial charge is 0.339 e. The molecule has 0 unspecified atom stereocenters. The molecule has 0 bridgehead atoms. The van der Waals surface area contributed by atoms with Crippen LogP contribution < -0.4 is 0 Å². The minimum Gasteiger partial charge on any atom is -0.465 e. The summed E-state index contributed by atoms with van der Waals surface area (Å²) in [4.78, 5) is 16.1. The van der Waals surface area contributed by atoms with Gasteiger partial charge in [0.05, 0.1) is 24.4 Å². The number of imidazole rings is 1. The van der Waals surface area contributed by atoms with Crippen molar-refractivity contribution in [3.63, 3.8) is 0 Å². The number of fused-ring (bicyclic) bond motifs is 1. The Labute approximate surface area is 116 Å². The van der Waals surface area contributed by atoms with Gasteiger partial charge in [0.25, 0.3) is 0 Å². The number of hydrogen-bond acceptors (Lipinski definition) is 3. The highest BCUT2D eigenvalue weighted by Crippen LogP contribution is 2.23. The fourth-order valence-corrected chi connectivity index (χ4v) is 2.25. The van der Waals surface area contributed by atoms with Gasteiger partial charge in [-0.3, -0.25) is 4.40 Å². The lowest BCUT2D eigenvalue weighted by molar-refractivity contribution is 0.0600. The number of ether oxygens (including phenoxy) is 1. The molecule has 0 aliphatic heterocycles. The number of carbonyl (C=O) groups excluding carboxylic acids is 1. The lowest BCUT2D eigenvalue weighted by Crippen LogP contribution is -2.03. The Bertz CT molecular complexity index is 790. The fourth-order valence-electron chi connectivity index (χ4n) is 2.25. The van der Waals surface area contributed by atoms with E-state index >= 15 is 0 Å². The molecule has 0 fully saturated rings. The maximum Gasteiger partial charge on any atom is 0.339 e. The lowest BCUT2D eigenvalue weighted by Gasteiger charge is -2.06. The Morgan fingerprint density at radius 3 is 2.75 bits per heavy atom. The van der Waals surface area contributed by atoms with Crippen LogP contribution in [0.25, 0.3) is 16.9 Å². The van der Waals surface area contributed by atoms with Crippen molar-refractivity contribution < 1.29 is 9.53 Å². The summed E-state index contributed by atoms with van der Waals surface area (Å²) in [7, 11) is 1.38. The molecule has 0 radical (unpaired) electrons.